The van der Waals surface area contributed by atoms with Gasteiger partial charge in [0.2, 0.25) is 0 Å². The molecule has 0 bridgehead atoms. The first-order valence-corrected chi connectivity index (χ1v) is 11.4. The first-order valence-electron chi connectivity index (χ1n) is 9.74. The molecule has 0 aliphatic carbocycles. The van der Waals surface area contributed by atoms with Gasteiger partial charge in [0.05, 0.1) is 29.8 Å². The summed E-state index contributed by atoms with van der Waals surface area (Å²) >= 11 is 3.44. The molecule has 1 aliphatic rings. The van der Waals surface area contributed by atoms with E-state index in [0.717, 1.165) is 39.7 Å². The molecule has 0 saturated heterocycles. The quantitative estimate of drug-likeness (QED) is 0.428. The maximum Gasteiger partial charge on any atom is 0.191 e. The Morgan fingerprint density at radius 3 is 2.89 bits per heavy atom. The van der Waals surface area contributed by atoms with E-state index in [1.807, 2.05) is 24.4 Å². The number of pyridine rings is 1. The summed E-state index contributed by atoms with van der Waals surface area (Å²) in [5.74, 6) is 0.914. The molecule has 0 saturated carbocycles. The molecule has 0 spiro atoms. The zero-order chi connectivity index (χ0) is 19.7. The van der Waals surface area contributed by atoms with Gasteiger partial charge >= 0.3 is 0 Å². The summed E-state index contributed by atoms with van der Waals surface area (Å²) in [4.78, 5) is 16.5. The highest BCUT2D eigenvalue weighted by Crippen LogP contribution is 2.42. The number of hydrogen-bond acceptors (Lipinski definition) is 7. The molecule has 4 rings (SSSR count). The van der Waals surface area contributed by atoms with Gasteiger partial charge in [-0.15, -0.1) is 11.3 Å². The molecule has 1 atom stereocenters. The zero-order valence-corrected chi connectivity index (χ0v) is 18.4. The van der Waals surface area contributed by atoms with Crippen molar-refractivity contribution in [1.29, 1.82) is 0 Å². The van der Waals surface area contributed by atoms with E-state index in [1.165, 1.54) is 10.4 Å². The van der Waals surface area contributed by atoms with Crippen molar-refractivity contribution in [3.8, 4) is 0 Å². The average molecular weight is 415 g/mol. The number of nitrogens with zero attached hydrogens (tertiary/aromatic N) is 3. The summed E-state index contributed by atoms with van der Waals surface area (Å²) in [5.41, 5.74) is 2.23. The Bertz CT molecular complexity index is 973. The highest BCUT2D eigenvalue weighted by Gasteiger charge is 2.33. The van der Waals surface area contributed by atoms with Gasteiger partial charge in [0.15, 0.2) is 5.16 Å². The zero-order valence-electron chi connectivity index (χ0n) is 16.8. The Morgan fingerprint density at radius 1 is 1.32 bits per heavy atom. The lowest BCUT2D eigenvalue weighted by Crippen LogP contribution is -2.33. The molecule has 0 radical (unpaired) electrons. The van der Waals surface area contributed by atoms with Crippen LogP contribution in [0.2, 0.25) is 0 Å². The second-order valence-electron chi connectivity index (χ2n) is 7.65. The molecule has 4 heterocycles. The number of hydrogen-bond donors (Lipinski definition) is 1. The van der Waals surface area contributed by atoms with Gasteiger partial charge in [-0.1, -0.05) is 38.6 Å². The Hall–Kier alpha value is -1.70. The van der Waals surface area contributed by atoms with E-state index in [0.29, 0.717) is 18.4 Å². The number of anilines is 1. The summed E-state index contributed by atoms with van der Waals surface area (Å²) in [6, 6.07) is 5.97. The Morgan fingerprint density at radius 2 is 2.18 bits per heavy atom. The van der Waals surface area contributed by atoms with Crippen molar-refractivity contribution in [2.45, 2.75) is 69.7 Å². The number of ether oxygens (including phenoxy) is 1. The van der Waals surface area contributed by atoms with Gasteiger partial charge < -0.3 is 10.1 Å². The van der Waals surface area contributed by atoms with E-state index in [-0.39, 0.29) is 5.60 Å². The van der Waals surface area contributed by atoms with Crippen molar-refractivity contribution in [3.63, 3.8) is 0 Å². The topological polar surface area (TPSA) is 59.9 Å². The molecular weight excluding hydrogens is 388 g/mol. The van der Waals surface area contributed by atoms with Crippen LogP contribution in [-0.2, 0) is 24.3 Å². The summed E-state index contributed by atoms with van der Waals surface area (Å²) in [6.45, 7) is 10.0. The molecule has 1 N–H and O–H groups in total. The molecule has 1 aliphatic heterocycles. The van der Waals surface area contributed by atoms with Crippen LogP contribution in [0.5, 0.6) is 0 Å². The normalized spacial score (nSPS) is 19.2. The van der Waals surface area contributed by atoms with Crippen LogP contribution >= 0.6 is 23.1 Å². The standard InChI is InChI=1S/C21H26N4OS2/c1-5-21(4)10-15-16(12-26-21)28-19-17(15)18(24-20(25-19)27-13(2)3)23-11-14-8-6-7-9-22-14/h6-9,13H,5,10-12H2,1-4H3,(H,23,24,25). The second kappa shape index (κ2) is 7.97. The number of thioether (sulfide) groups is 1. The van der Waals surface area contributed by atoms with Crippen molar-refractivity contribution in [2.75, 3.05) is 5.32 Å². The van der Waals surface area contributed by atoms with Crippen LogP contribution < -0.4 is 5.32 Å². The third-order valence-corrected chi connectivity index (χ3v) is 7.03. The van der Waals surface area contributed by atoms with Crippen LogP contribution in [0.15, 0.2) is 29.6 Å². The minimum atomic E-state index is -0.120. The molecular formula is C21H26N4OS2. The van der Waals surface area contributed by atoms with Gasteiger partial charge in [-0.3, -0.25) is 4.98 Å². The van der Waals surface area contributed by atoms with Gasteiger partial charge in [-0.25, -0.2) is 9.97 Å². The van der Waals surface area contributed by atoms with E-state index >= 15 is 0 Å². The fourth-order valence-electron chi connectivity index (χ4n) is 3.35. The molecule has 3 aromatic rings. The van der Waals surface area contributed by atoms with Crippen molar-refractivity contribution in [1.82, 2.24) is 15.0 Å². The predicted octanol–water partition coefficient (Wildman–Crippen LogP) is 5.44. The summed E-state index contributed by atoms with van der Waals surface area (Å²) in [5, 5.41) is 5.95. The van der Waals surface area contributed by atoms with E-state index in [1.54, 1.807) is 23.1 Å². The van der Waals surface area contributed by atoms with E-state index in [9.17, 15) is 0 Å². The molecule has 1 unspecified atom stereocenters. The van der Waals surface area contributed by atoms with Gasteiger partial charge in [0.25, 0.3) is 0 Å². The predicted molar refractivity (Wildman–Crippen MR) is 117 cm³/mol. The summed E-state index contributed by atoms with van der Waals surface area (Å²) in [7, 11) is 0. The smallest absolute Gasteiger partial charge is 0.191 e. The van der Waals surface area contributed by atoms with Gasteiger partial charge in [0, 0.05) is 22.7 Å². The first kappa shape index (κ1) is 19.6. The average Bonchev–Trinajstić information content (AvgIpc) is 3.04. The van der Waals surface area contributed by atoms with Gasteiger partial charge in [-0.2, -0.15) is 0 Å². The summed E-state index contributed by atoms with van der Waals surface area (Å²) in [6.07, 6.45) is 3.71. The molecule has 28 heavy (non-hydrogen) atoms. The second-order valence-corrected chi connectivity index (χ2v) is 10.3. The number of rotatable bonds is 6. The Balaban J connectivity index is 1.76. The lowest BCUT2D eigenvalue weighted by molar-refractivity contribution is -0.0542. The number of thiophene rings is 1. The molecule has 0 aromatic carbocycles. The van der Waals surface area contributed by atoms with Crippen LogP contribution in [0.3, 0.4) is 0 Å². The van der Waals surface area contributed by atoms with Crippen molar-refractivity contribution < 1.29 is 4.74 Å². The van der Waals surface area contributed by atoms with Gasteiger partial charge in [-0.05, 0) is 31.0 Å². The highest BCUT2D eigenvalue weighted by molar-refractivity contribution is 7.99. The minimum Gasteiger partial charge on any atom is -0.369 e. The number of aromatic nitrogens is 3. The van der Waals surface area contributed by atoms with Crippen LogP contribution in [0.25, 0.3) is 10.2 Å². The summed E-state index contributed by atoms with van der Waals surface area (Å²) < 4.78 is 6.16. The molecule has 3 aromatic heterocycles. The number of fused-ring (bicyclic) bond motifs is 3. The van der Waals surface area contributed by atoms with E-state index in [4.69, 9.17) is 14.7 Å². The lowest BCUT2D eigenvalue weighted by Gasteiger charge is -2.33. The lowest BCUT2D eigenvalue weighted by atomic mass is 9.90. The maximum absolute atomic E-state index is 6.16. The first-order chi connectivity index (χ1) is 13.5. The van der Waals surface area contributed by atoms with Crippen molar-refractivity contribution >= 4 is 39.1 Å². The van der Waals surface area contributed by atoms with E-state index < -0.39 is 0 Å². The molecule has 5 nitrogen and oxygen atoms in total. The van der Waals surface area contributed by atoms with Crippen LogP contribution in [0.1, 0.15) is 50.3 Å². The molecule has 0 amide bonds. The fraction of sp³-hybridized carbons (Fsp3) is 0.476. The monoisotopic (exact) mass is 414 g/mol. The number of nitrogens with one attached hydrogen (secondary N) is 1. The fourth-order valence-corrected chi connectivity index (χ4v) is 5.22. The van der Waals surface area contributed by atoms with Crippen LogP contribution in [0.4, 0.5) is 5.82 Å². The van der Waals surface area contributed by atoms with Crippen LogP contribution in [-0.4, -0.2) is 25.8 Å². The Labute approximate surface area is 174 Å². The molecule has 148 valence electrons. The third-order valence-electron chi connectivity index (χ3n) is 5.07. The van der Waals surface area contributed by atoms with Crippen LogP contribution in [0, 0.1) is 0 Å². The van der Waals surface area contributed by atoms with Gasteiger partial charge in [0.1, 0.15) is 10.6 Å². The van der Waals surface area contributed by atoms with Crippen molar-refractivity contribution in [3.05, 3.63) is 40.5 Å². The maximum atomic E-state index is 6.16. The molecule has 0 fully saturated rings. The largest absolute Gasteiger partial charge is 0.369 e. The molecule has 7 heteroatoms. The highest BCUT2D eigenvalue weighted by atomic mass is 32.2. The SMILES string of the molecule is CCC1(C)Cc2c(sc3nc(SC(C)C)nc(NCc4ccccn4)c23)CO1. The van der Waals surface area contributed by atoms with Crippen molar-refractivity contribution in [2.24, 2.45) is 0 Å². The minimum absolute atomic E-state index is 0.120. The third kappa shape index (κ3) is 4.02. The van der Waals surface area contributed by atoms with E-state index in [2.05, 4.69) is 38.0 Å². The Kier molecular flexibility index (Phi) is 5.58.